The summed E-state index contributed by atoms with van der Waals surface area (Å²) in [6.07, 6.45) is 1.87. The van der Waals surface area contributed by atoms with Crippen LogP contribution in [0.3, 0.4) is 0 Å². The van der Waals surface area contributed by atoms with Crippen LogP contribution in [0.1, 0.15) is 19.8 Å². The Morgan fingerprint density at radius 2 is 2.23 bits per heavy atom. The molecule has 0 aromatic carbocycles. The van der Waals surface area contributed by atoms with E-state index in [1.165, 1.54) is 6.42 Å². The second kappa shape index (κ2) is 4.72. The molecule has 1 atom stereocenters. The van der Waals surface area contributed by atoms with Gasteiger partial charge in [-0.15, -0.1) is 0 Å². The van der Waals surface area contributed by atoms with E-state index in [1.807, 2.05) is 6.92 Å². The molecule has 1 aliphatic heterocycles. The lowest BCUT2D eigenvalue weighted by Gasteiger charge is -2.19. The van der Waals surface area contributed by atoms with E-state index in [0.717, 1.165) is 13.1 Å². The van der Waals surface area contributed by atoms with Crippen molar-refractivity contribution in [1.29, 1.82) is 0 Å². The number of carbonyl (C=O) groups is 1. The van der Waals surface area contributed by atoms with Crippen LogP contribution in [0.15, 0.2) is 0 Å². The molecule has 3 nitrogen and oxygen atoms in total. The van der Waals surface area contributed by atoms with Gasteiger partial charge in [0.15, 0.2) is 0 Å². The molecule has 0 N–H and O–H groups in total. The molecule has 0 aromatic heterocycles. The minimum absolute atomic E-state index is 0.361. The molecule has 1 saturated heterocycles. The van der Waals surface area contributed by atoms with Gasteiger partial charge in [0.2, 0.25) is 0 Å². The summed E-state index contributed by atoms with van der Waals surface area (Å²) in [5, 5.41) is 0. The minimum atomic E-state index is 0.361. The Bertz CT molecular complexity index is 180. The fourth-order valence-electron chi connectivity index (χ4n) is 1.74. The third-order valence-corrected chi connectivity index (χ3v) is 2.77. The second-order valence-corrected chi connectivity index (χ2v) is 4.03. The van der Waals surface area contributed by atoms with Crippen LogP contribution in [0.5, 0.6) is 0 Å². The predicted molar refractivity (Wildman–Crippen MR) is 53.8 cm³/mol. The van der Waals surface area contributed by atoms with E-state index in [1.54, 1.807) is 0 Å². The zero-order valence-corrected chi connectivity index (χ0v) is 8.92. The van der Waals surface area contributed by atoms with Crippen LogP contribution in [0.2, 0.25) is 0 Å². The Morgan fingerprint density at radius 3 is 2.69 bits per heavy atom. The largest absolute Gasteiger partial charge is 0.305 e. The van der Waals surface area contributed by atoms with Gasteiger partial charge in [-0.05, 0) is 20.5 Å². The van der Waals surface area contributed by atoms with Crippen molar-refractivity contribution in [2.75, 3.05) is 33.7 Å². The summed E-state index contributed by atoms with van der Waals surface area (Å²) >= 11 is 0. The highest BCUT2D eigenvalue weighted by molar-refractivity contribution is 5.80. The molecule has 0 aliphatic carbocycles. The highest BCUT2D eigenvalue weighted by Gasteiger charge is 2.24. The first kappa shape index (κ1) is 10.7. The van der Waals surface area contributed by atoms with Crippen LogP contribution in [0.4, 0.5) is 0 Å². The highest BCUT2D eigenvalue weighted by Crippen LogP contribution is 2.12. The van der Waals surface area contributed by atoms with Crippen LogP contribution < -0.4 is 0 Å². The van der Waals surface area contributed by atoms with Gasteiger partial charge in [0, 0.05) is 25.6 Å². The van der Waals surface area contributed by atoms with Crippen molar-refractivity contribution < 1.29 is 4.79 Å². The Morgan fingerprint density at radius 1 is 1.54 bits per heavy atom. The molecular weight excluding hydrogens is 164 g/mol. The summed E-state index contributed by atoms with van der Waals surface area (Å²) in [5.74, 6) is 0.361. The Kier molecular flexibility index (Phi) is 3.88. The third-order valence-electron chi connectivity index (χ3n) is 2.77. The van der Waals surface area contributed by atoms with E-state index in [2.05, 4.69) is 23.9 Å². The smallest absolute Gasteiger partial charge is 0.146 e. The van der Waals surface area contributed by atoms with E-state index < -0.39 is 0 Å². The van der Waals surface area contributed by atoms with Gasteiger partial charge >= 0.3 is 0 Å². The molecular formula is C10H20N2O. The molecule has 3 heteroatoms. The number of likely N-dealkylation sites (N-methyl/N-ethyl adjacent to an activating group) is 1. The van der Waals surface area contributed by atoms with Crippen LogP contribution in [0, 0.1) is 0 Å². The molecule has 0 spiro atoms. The first-order valence-electron chi connectivity index (χ1n) is 5.04. The molecule has 1 heterocycles. The van der Waals surface area contributed by atoms with Crippen molar-refractivity contribution in [3.8, 4) is 0 Å². The third kappa shape index (κ3) is 3.08. The molecule has 76 valence electrons. The molecule has 1 unspecified atom stereocenters. The summed E-state index contributed by atoms with van der Waals surface area (Å²) in [7, 11) is 4.21. The van der Waals surface area contributed by atoms with E-state index in [0.29, 0.717) is 24.8 Å². The standard InChI is InChI=1S/C10H20N2O/c1-4-10(13)8-12-6-5-9(7-12)11(2)3/h9H,4-8H2,1-3H3. The summed E-state index contributed by atoms with van der Waals surface area (Å²) < 4.78 is 0. The monoisotopic (exact) mass is 184 g/mol. The van der Waals surface area contributed by atoms with Crippen molar-refractivity contribution >= 4 is 5.78 Å². The molecule has 1 fully saturated rings. The fourth-order valence-corrected chi connectivity index (χ4v) is 1.74. The normalized spacial score (nSPS) is 24.2. The predicted octanol–water partition coefficient (Wildman–Crippen LogP) is 0.601. The van der Waals surface area contributed by atoms with Crippen molar-refractivity contribution in [1.82, 2.24) is 9.80 Å². The van der Waals surface area contributed by atoms with Gasteiger partial charge < -0.3 is 4.90 Å². The van der Waals surface area contributed by atoms with E-state index in [9.17, 15) is 4.79 Å². The maximum atomic E-state index is 11.2. The van der Waals surface area contributed by atoms with Gasteiger partial charge in [-0.1, -0.05) is 6.92 Å². The molecule has 1 aliphatic rings. The lowest BCUT2D eigenvalue weighted by atomic mass is 10.2. The molecule has 0 aromatic rings. The van der Waals surface area contributed by atoms with Crippen molar-refractivity contribution in [3.63, 3.8) is 0 Å². The van der Waals surface area contributed by atoms with Crippen molar-refractivity contribution in [3.05, 3.63) is 0 Å². The molecule has 0 bridgehead atoms. The molecule has 0 saturated carbocycles. The number of carbonyl (C=O) groups excluding carboxylic acids is 1. The van der Waals surface area contributed by atoms with Crippen molar-refractivity contribution in [2.45, 2.75) is 25.8 Å². The second-order valence-electron chi connectivity index (χ2n) is 4.03. The maximum absolute atomic E-state index is 11.2. The number of hydrogen-bond donors (Lipinski definition) is 0. The Labute approximate surface area is 80.7 Å². The quantitative estimate of drug-likeness (QED) is 0.639. The highest BCUT2D eigenvalue weighted by atomic mass is 16.1. The van der Waals surface area contributed by atoms with E-state index in [-0.39, 0.29) is 0 Å². The van der Waals surface area contributed by atoms with Crippen LogP contribution >= 0.6 is 0 Å². The first-order chi connectivity index (χ1) is 6.13. The average Bonchev–Trinajstić information content (AvgIpc) is 2.52. The maximum Gasteiger partial charge on any atom is 0.146 e. The molecule has 13 heavy (non-hydrogen) atoms. The number of hydrogen-bond acceptors (Lipinski definition) is 3. The Hall–Kier alpha value is -0.410. The molecule has 0 amide bonds. The lowest BCUT2D eigenvalue weighted by molar-refractivity contribution is -0.119. The van der Waals surface area contributed by atoms with Crippen LogP contribution in [-0.4, -0.2) is 55.4 Å². The summed E-state index contributed by atoms with van der Waals surface area (Å²) in [5.41, 5.74) is 0. The molecule has 1 rings (SSSR count). The van der Waals surface area contributed by atoms with Gasteiger partial charge in [0.1, 0.15) is 5.78 Å². The summed E-state index contributed by atoms with van der Waals surface area (Å²) in [6.45, 7) is 4.72. The topological polar surface area (TPSA) is 23.6 Å². The van der Waals surface area contributed by atoms with Gasteiger partial charge in [-0.3, -0.25) is 9.69 Å². The fraction of sp³-hybridized carbons (Fsp3) is 0.900. The molecule has 0 radical (unpaired) electrons. The SMILES string of the molecule is CCC(=O)CN1CCC(N(C)C)C1. The summed E-state index contributed by atoms with van der Waals surface area (Å²) in [6, 6.07) is 0.643. The number of rotatable bonds is 4. The van der Waals surface area contributed by atoms with Crippen molar-refractivity contribution in [2.24, 2.45) is 0 Å². The van der Waals surface area contributed by atoms with Gasteiger partial charge in [0.05, 0.1) is 6.54 Å². The van der Waals surface area contributed by atoms with Gasteiger partial charge in [0.25, 0.3) is 0 Å². The number of nitrogens with zero attached hydrogens (tertiary/aromatic N) is 2. The van der Waals surface area contributed by atoms with E-state index >= 15 is 0 Å². The van der Waals surface area contributed by atoms with Crippen LogP contribution in [-0.2, 0) is 4.79 Å². The van der Waals surface area contributed by atoms with E-state index in [4.69, 9.17) is 0 Å². The number of ketones is 1. The number of likely N-dealkylation sites (tertiary alicyclic amines) is 1. The van der Waals surface area contributed by atoms with Gasteiger partial charge in [-0.25, -0.2) is 0 Å². The first-order valence-corrected chi connectivity index (χ1v) is 5.04. The lowest BCUT2D eigenvalue weighted by Crippen LogP contribution is -2.33. The average molecular weight is 184 g/mol. The summed E-state index contributed by atoms with van der Waals surface area (Å²) in [4.78, 5) is 15.7. The van der Waals surface area contributed by atoms with Gasteiger partial charge in [-0.2, -0.15) is 0 Å². The Balaban J connectivity index is 2.29. The minimum Gasteiger partial charge on any atom is -0.305 e. The van der Waals surface area contributed by atoms with Crippen LogP contribution in [0.25, 0.3) is 0 Å². The zero-order valence-electron chi connectivity index (χ0n) is 8.92. The number of Topliss-reactive ketones (excluding diaryl/α,β-unsaturated/α-hetero) is 1. The zero-order chi connectivity index (χ0) is 9.84.